The highest BCUT2D eigenvalue weighted by Crippen LogP contribution is 2.24. The van der Waals surface area contributed by atoms with Crippen LogP contribution in [0.5, 0.6) is 0 Å². The number of nitro benzene ring substituents is 1. The highest BCUT2D eigenvalue weighted by molar-refractivity contribution is 7.89. The van der Waals surface area contributed by atoms with E-state index in [1.165, 1.54) is 28.6 Å². The van der Waals surface area contributed by atoms with Gasteiger partial charge in [0.2, 0.25) is 10.0 Å². The lowest BCUT2D eigenvalue weighted by atomic mass is 10.3. The molecule has 10 heteroatoms. The molecule has 2 aromatic carbocycles. The smallest absolute Gasteiger partial charge is 0.269 e. The van der Waals surface area contributed by atoms with Crippen LogP contribution < -0.4 is 0 Å². The number of rotatable bonds is 5. The number of sulfonamides is 1. The van der Waals surface area contributed by atoms with Crippen molar-refractivity contribution in [3.63, 3.8) is 0 Å². The molecule has 0 spiro atoms. The van der Waals surface area contributed by atoms with Crippen LogP contribution in [-0.2, 0) is 16.6 Å². The Morgan fingerprint density at radius 1 is 1.04 bits per heavy atom. The third kappa shape index (κ3) is 3.76. The van der Waals surface area contributed by atoms with Gasteiger partial charge in [0.25, 0.3) is 5.69 Å². The summed E-state index contributed by atoms with van der Waals surface area (Å²) in [6.07, 6.45) is 0. The lowest BCUT2D eigenvalue weighted by Crippen LogP contribution is -2.48. The van der Waals surface area contributed by atoms with Crippen molar-refractivity contribution in [1.82, 2.24) is 14.2 Å². The van der Waals surface area contributed by atoms with Crippen LogP contribution in [0.1, 0.15) is 5.01 Å². The molecule has 28 heavy (non-hydrogen) atoms. The van der Waals surface area contributed by atoms with E-state index in [0.29, 0.717) is 32.7 Å². The number of hydrogen-bond donors (Lipinski definition) is 0. The SMILES string of the molecule is O=[N+]([O-])c1ccc(S(=O)(=O)N2CCN(Cc3nc4ccccc4s3)CC2)cc1. The van der Waals surface area contributed by atoms with Crippen LogP contribution in [0.2, 0.25) is 0 Å². The predicted octanol–water partition coefficient (Wildman–Crippen LogP) is 2.71. The Morgan fingerprint density at radius 2 is 1.71 bits per heavy atom. The first kappa shape index (κ1) is 18.9. The van der Waals surface area contributed by atoms with Crippen LogP contribution in [0, 0.1) is 10.1 Å². The van der Waals surface area contributed by atoms with E-state index in [1.807, 2.05) is 24.3 Å². The molecule has 8 nitrogen and oxygen atoms in total. The van der Waals surface area contributed by atoms with Crippen LogP contribution in [0.15, 0.2) is 53.4 Å². The first-order chi connectivity index (χ1) is 13.4. The molecule has 0 N–H and O–H groups in total. The Morgan fingerprint density at radius 3 is 2.36 bits per heavy atom. The lowest BCUT2D eigenvalue weighted by molar-refractivity contribution is -0.384. The molecule has 1 saturated heterocycles. The van der Waals surface area contributed by atoms with Crippen molar-refractivity contribution in [2.45, 2.75) is 11.4 Å². The van der Waals surface area contributed by atoms with Gasteiger partial charge in [0.05, 0.1) is 26.6 Å². The maximum absolute atomic E-state index is 12.8. The Balaban J connectivity index is 1.40. The van der Waals surface area contributed by atoms with E-state index in [1.54, 1.807) is 11.3 Å². The molecule has 0 radical (unpaired) electrons. The minimum absolute atomic E-state index is 0.0812. The molecule has 0 saturated carbocycles. The summed E-state index contributed by atoms with van der Waals surface area (Å²) in [4.78, 5) is 17.1. The molecule has 2 heterocycles. The minimum Gasteiger partial charge on any atom is -0.294 e. The second-order valence-corrected chi connectivity index (χ2v) is 9.56. The van der Waals surface area contributed by atoms with E-state index in [9.17, 15) is 18.5 Å². The number of piperazine rings is 1. The van der Waals surface area contributed by atoms with Crippen molar-refractivity contribution in [1.29, 1.82) is 0 Å². The first-order valence-corrected chi connectivity index (χ1v) is 11.0. The molecule has 146 valence electrons. The van der Waals surface area contributed by atoms with Crippen molar-refractivity contribution in [2.75, 3.05) is 26.2 Å². The maximum atomic E-state index is 12.8. The summed E-state index contributed by atoms with van der Waals surface area (Å²) in [5, 5.41) is 11.8. The number of fused-ring (bicyclic) bond motifs is 1. The van der Waals surface area contributed by atoms with E-state index in [-0.39, 0.29) is 10.6 Å². The molecule has 0 unspecified atom stereocenters. The topological polar surface area (TPSA) is 96.6 Å². The van der Waals surface area contributed by atoms with Gasteiger partial charge in [-0.15, -0.1) is 11.3 Å². The predicted molar refractivity (Wildman–Crippen MR) is 107 cm³/mol. The third-order valence-corrected chi connectivity index (χ3v) is 7.65. The van der Waals surface area contributed by atoms with Gasteiger partial charge in [-0.05, 0) is 24.3 Å². The number of hydrogen-bond acceptors (Lipinski definition) is 7. The summed E-state index contributed by atoms with van der Waals surface area (Å²) in [6, 6.07) is 13.0. The number of nitro groups is 1. The van der Waals surface area contributed by atoms with Gasteiger partial charge < -0.3 is 0 Å². The molecule has 0 bridgehead atoms. The number of benzene rings is 2. The zero-order valence-corrected chi connectivity index (χ0v) is 16.5. The summed E-state index contributed by atoms with van der Waals surface area (Å²) in [5.74, 6) is 0. The standard InChI is InChI=1S/C18H18N4O4S2/c23-22(24)14-5-7-15(8-6-14)28(25,26)21-11-9-20(10-12-21)13-18-19-16-3-1-2-4-17(16)27-18/h1-8H,9-13H2. The molecule has 1 aromatic heterocycles. The summed E-state index contributed by atoms with van der Waals surface area (Å²) >= 11 is 1.66. The summed E-state index contributed by atoms with van der Waals surface area (Å²) < 4.78 is 28.1. The molecular formula is C18H18N4O4S2. The Labute approximate surface area is 166 Å². The van der Waals surface area contributed by atoms with Crippen molar-refractivity contribution < 1.29 is 13.3 Å². The molecule has 1 fully saturated rings. The number of non-ortho nitro benzene ring substituents is 1. The molecule has 4 rings (SSSR count). The monoisotopic (exact) mass is 418 g/mol. The van der Waals surface area contributed by atoms with E-state index in [2.05, 4.69) is 9.88 Å². The molecule has 1 aliphatic heterocycles. The Bertz CT molecular complexity index is 1070. The van der Waals surface area contributed by atoms with E-state index in [4.69, 9.17) is 0 Å². The van der Waals surface area contributed by atoms with Gasteiger partial charge in [-0.2, -0.15) is 4.31 Å². The summed E-state index contributed by atoms with van der Waals surface area (Å²) in [5.41, 5.74) is 0.862. The van der Waals surface area contributed by atoms with Crippen molar-refractivity contribution in [3.8, 4) is 0 Å². The zero-order valence-electron chi connectivity index (χ0n) is 14.9. The number of para-hydroxylation sites is 1. The van der Waals surface area contributed by atoms with E-state index in [0.717, 1.165) is 15.2 Å². The average Bonchev–Trinajstić information content (AvgIpc) is 3.10. The highest BCUT2D eigenvalue weighted by atomic mass is 32.2. The normalized spacial score (nSPS) is 16.4. The van der Waals surface area contributed by atoms with Gasteiger partial charge in [0.15, 0.2) is 0 Å². The minimum atomic E-state index is -3.65. The van der Waals surface area contributed by atoms with E-state index >= 15 is 0 Å². The van der Waals surface area contributed by atoms with Crippen molar-refractivity contribution in [2.24, 2.45) is 0 Å². The summed E-state index contributed by atoms with van der Waals surface area (Å²) in [7, 11) is -3.65. The molecule has 0 amide bonds. The first-order valence-electron chi connectivity index (χ1n) is 8.75. The molecule has 0 aliphatic carbocycles. The highest BCUT2D eigenvalue weighted by Gasteiger charge is 2.29. The fourth-order valence-corrected chi connectivity index (χ4v) is 5.63. The second kappa shape index (κ2) is 7.55. The van der Waals surface area contributed by atoms with Gasteiger partial charge in [-0.3, -0.25) is 15.0 Å². The van der Waals surface area contributed by atoms with Gasteiger partial charge in [0, 0.05) is 38.3 Å². The molecule has 1 aliphatic rings. The Hall–Kier alpha value is -2.40. The van der Waals surface area contributed by atoms with Crippen molar-refractivity contribution in [3.05, 3.63) is 63.7 Å². The van der Waals surface area contributed by atoms with Gasteiger partial charge >= 0.3 is 0 Å². The van der Waals surface area contributed by atoms with Crippen LogP contribution >= 0.6 is 11.3 Å². The van der Waals surface area contributed by atoms with E-state index < -0.39 is 14.9 Å². The van der Waals surface area contributed by atoms with Crippen LogP contribution in [-0.4, -0.2) is 53.7 Å². The van der Waals surface area contributed by atoms with Gasteiger partial charge in [-0.25, -0.2) is 13.4 Å². The van der Waals surface area contributed by atoms with Crippen LogP contribution in [0.25, 0.3) is 10.2 Å². The Kier molecular flexibility index (Phi) is 5.11. The molecule has 0 atom stereocenters. The zero-order chi connectivity index (χ0) is 19.7. The maximum Gasteiger partial charge on any atom is 0.269 e. The quantitative estimate of drug-likeness (QED) is 0.467. The van der Waals surface area contributed by atoms with Crippen LogP contribution in [0.4, 0.5) is 5.69 Å². The van der Waals surface area contributed by atoms with Crippen molar-refractivity contribution >= 4 is 37.3 Å². The van der Waals surface area contributed by atoms with Crippen LogP contribution in [0.3, 0.4) is 0 Å². The number of thiazole rings is 1. The van der Waals surface area contributed by atoms with Gasteiger partial charge in [-0.1, -0.05) is 12.1 Å². The lowest BCUT2D eigenvalue weighted by Gasteiger charge is -2.33. The molecule has 3 aromatic rings. The second-order valence-electron chi connectivity index (χ2n) is 6.51. The summed E-state index contributed by atoms with van der Waals surface area (Å²) in [6.45, 7) is 2.68. The number of nitrogens with zero attached hydrogens (tertiary/aromatic N) is 4. The molecular weight excluding hydrogens is 400 g/mol. The van der Waals surface area contributed by atoms with Gasteiger partial charge in [0.1, 0.15) is 5.01 Å². The largest absolute Gasteiger partial charge is 0.294 e. The fourth-order valence-electron chi connectivity index (χ4n) is 3.20. The average molecular weight is 419 g/mol. The third-order valence-electron chi connectivity index (χ3n) is 4.71. The fraction of sp³-hybridized carbons (Fsp3) is 0.278. The number of aromatic nitrogens is 1.